The van der Waals surface area contributed by atoms with E-state index < -0.39 is 22.7 Å². The summed E-state index contributed by atoms with van der Waals surface area (Å²) in [5.41, 5.74) is 4.56. The van der Waals surface area contributed by atoms with Gasteiger partial charge in [0, 0.05) is 17.7 Å². The van der Waals surface area contributed by atoms with Crippen LogP contribution in [0.3, 0.4) is 0 Å². The van der Waals surface area contributed by atoms with Crippen LogP contribution in [0, 0.1) is 26.6 Å². The highest BCUT2D eigenvalue weighted by molar-refractivity contribution is 9.10. The van der Waals surface area contributed by atoms with Gasteiger partial charge in [-0.2, -0.15) is 0 Å². The Balaban J connectivity index is 1.60. The zero-order valence-electron chi connectivity index (χ0n) is 18.2. The topological polar surface area (TPSA) is 63.7 Å². The zero-order valence-corrected chi connectivity index (χ0v) is 20.6. The van der Waals surface area contributed by atoms with E-state index >= 15 is 0 Å². The van der Waals surface area contributed by atoms with Crippen LogP contribution in [0.5, 0.6) is 0 Å². The summed E-state index contributed by atoms with van der Waals surface area (Å²) in [4.78, 5) is 38.8. The van der Waals surface area contributed by atoms with Crippen LogP contribution in [0.1, 0.15) is 39.0 Å². The average Bonchev–Trinajstić information content (AvgIpc) is 3.23. The number of esters is 1. The van der Waals surface area contributed by atoms with Crippen molar-refractivity contribution in [1.29, 1.82) is 0 Å². The van der Waals surface area contributed by atoms with Gasteiger partial charge in [-0.15, -0.1) is 11.8 Å². The van der Waals surface area contributed by atoms with Crippen LogP contribution < -0.4 is 0 Å². The second kappa shape index (κ2) is 10.6. The molecule has 1 amide bonds. The first-order valence-corrected chi connectivity index (χ1v) is 12.3. The third kappa shape index (κ3) is 5.78. The van der Waals surface area contributed by atoms with E-state index in [1.165, 1.54) is 40.9 Å². The fraction of sp³-hybridized carbons (Fsp3) is 0.375. The Hall–Kier alpha value is -2.19. The quantitative estimate of drug-likeness (QED) is 0.299. The van der Waals surface area contributed by atoms with Crippen LogP contribution in [-0.4, -0.2) is 45.1 Å². The molecule has 1 fully saturated rings. The van der Waals surface area contributed by atoms with Crippen molar-refractivity contribution in [2.45, 2.75) is 44.7 Å². The number of carbonyl (C=O) groups is 3. The molecular weight excluding hydrogens is 497 g/mol. The maximum atomic E-state index is 13.1. The fourth-order valence-corrected chi connectivity index (χ4v) is 5.43. The maximum Gasteiger partial charge on any atom is 0.330 e. The molecular formula is C24H25BrFNO4S. The van der Waals surface area contributed by atoms with E-state index in [1.54, 1.807) is 0 Å². The van der Waals surface area contributed by atoms with E-state index in [1.807, 2.05) is 32.9 Å². The minimum Gasteiger partial charge on any atom is -0.459 e. The smallest absolute Gasteiger partial charge is 0.330 e. The number of alkyl halides is 1. The van der Waals surface area contributed by atoms with Crippen LogP contribution >= 0.6 is 27.7 Å². The number of rotatable bonds is 7. The van der Waals surface area contributed by atoms with Gasteiger partial charge in [0.05, 0.1) is 10.7 Å². The number of carbonyl (C=O) groups excluding carboxylic acids is 3. The third-order valence-electron chi connectivity index (χ3n) is 5.44. The van der Waals surface area contributed by atoms with Crippen LogP contribution in [0.4, 0.5) is 4.39 Å². The maximum absolute atomic E-state index is 13.1. The highest BCUT2D eigenvalue weighted by Crippen LogP contribution is 2.26. The molecule has 0 N–H and O–H groups in total. The Kier molecular flexibility index (Phi) is 8.11. The van der Waals surface area contributed by atoms with Gasteiger partial charge in [0.25, 0.3) is 0 Å². The molecule has 170 valence electrons. The molecule has 1 aliphatic rings. The molecule has 8 heteroatoms. The molecule has 0 spiro atoms. The summed E-state index contributed by atoms with van der Waals surface area (Å²) in [6.45, 7) is 6.15. The lowest BCUT2D eigenvalue weighted by molar-refractivity contribution is -0.154. The molecule has 2 aromatic carbocycles. The van der Waals surface area contributed by atoms with Crippen molar-refractivity contribution in [2.24, 2.45) is 0 Å². The lowest BCUT2D eigenvalue weighted by atomic mass is 10.0. The third-order valence-corrected chi connectivity index (χ3v) is 7.19. The predicted octanol–water partition coefficient (Wildman–Crippen LogP) is 4.73. The molecule has 32 heavy (non-hydrogen) atoms. The normalized spacial score (nSPS) is 16.7. The first-order chi connectivity index (χ1) is 15.2. The van der Waals surface area contributed by atoms with Gasteiger partial charge in [-0.1, -0.05) is 33.6 Å². The van der Waals surface area contributed by atoms with E-state index in [4.69, 9.17) is 4.74 Å². The molecule has 5 nitrogen and oxygen atoms in total. The minimum atomic E-state index is -0.763. The van der Waals surface area contributed by atoms with Gasteiger partial charge >= 0.3 is 5.97 Å². The van der Waals surface area contributed by atoms with E-state index in [-0.39, 0.29) is 24.7 Å². The van der Waals surface area contributed by atoms with Crippen molar-refractivity contribution in [3.8, 4) is 0 Å². The van der Waals surface area contributed by atoms with Crippen molar-refractivity contribution in [2.75, 3.05) is 11.6 Å². The fourth-order valence-electron chi connectivity index (χ4n) is 3.72. The highest BCUT2D eigenvalue weighted by atomic mass is 79.9. The highest BCUT2D eigenvalue weighted by Gasteiger charge is 2.37. The number of benzene rings is 2. The summed E-state index contributed by atoms with van der Waals surface area (Å²) in [6, 6.07) is 8.59. The number of amides is 1. The van der Waals surface area contributed by atoms with Gasteiger partial charge in [-0.25, -0.2) is 9.18 Å². The van der Waals surface area contributed by atoms with Crippen molar-refractivity contribution >= 4 is 45.4 Å². The SMILES string of the molecule is Cc1cc(C)c(COC(=O)[C@@H]2CSCN2C(=O)CC(Br)C(=O)c2ccc(F)cc2)c(C)c1. The molecule has 2 atom stereocenters. The van der Waals surface area contributed by atoms with Crippen LogP contribution in [-0.2, 0) is 20.9 Å². The number of hydrogen-bond donors (Lipinski definition) is 0. The van der Waals surface area contributed by atoms with Crippen molar-refractivity contribution in [3.05, 3.63) is 70.0 Å². The van der Waals surface area contributed by atoms with Gasteiger partial charge in [-0.3, -0.25) is 9.59 Å². The number of nitrogens with zero attached hydrogens (tertiary/aromatic N) is 1. The molecule has 0 aliphatic carbocycles. The summed E-state index contributed by atoms with van der Waals surface area (Å²) in [5, 5.41) is 0. The van der Waals surface area contributed by atoms with E-state index in [2.05, 4.69) is 15.9 Å². The van der Waals surface area contributed by atoms with Gasteiger partial charge in [0.2, 0.25) is 5.91 Å². The number of aryl methyl sites for hydroxylation is 3. The van der Waals surface area contributed by atoms with Crippen molar-refractivity contribution in [3.63, 3.8) is 0 Å². The number of ketones is 1. The molecule has 1 saturated heterocycles. The second-order valence-electron chi connectivity index (χ2n) is 7.91. The second-order valence-corrected chi connectivity index (χ2v) is 10.0. The number of halogens is 2. The first kappa shape index (κ1) is 24.5. The van der Waals surface area contributed by atoms with E-state index in [0.29, 0.717) is 17.2 Å². The molecule has 2 aromatic rings. The zero-order chi connectivity index (χ0) is 23.4. The summed E-state index contributed by atoms with van der Waals surface area (Å²) >= 11 is 4.75. The van der Waals surface area contributed by atoms with Crippen LogP contribution in [0.25, 0.3) is 0 Å². The van der Waals surface area contributed by atoms with Crippen molar-refractivity contribution in [1.82, 2.24) is 4.90 Å². The number of thioether (sulfide) groups is 1. The summed E-state index contributed by atoms with van der Waals surface area (Å²) in [7, 11) is 0. The Labute approximate surface area is 199 Å². The van der Waals surface area contributed by atoms with Gasteiger partial charge in [0.15, 0.2) is 5.78 Å². The molecule has 3 rings (SSSR count). The van der Waals surface area contributed by atoms with E-state index in [9.17, 15) is 18.8 Å². The predicted molar refractivity (Wildman–Crippen MR) is 126 cm³/mol. The standard InChI is InChI=1S/C24H25BrFNO4S/c1-14-8-15(2)19(16(3)9-14)11-31-24(30)21-12-32-13-27(21)22(28)10-20(25)23(29)17-4-6-18(26)7-5-17/h4-9,20-21H,10-13H2,1-3H3/t20?,21-/m0/s1. The average molecular weight is 522 g/mol. The van der Waals surface area contributed by atoms with Gasteiger partial charge < -0.3 is 9.64 Å². The Morgan fingerprint density at radius 2 is 1.78 bits per heavy atom. The summed E-state index contributed by atoms with van der Waals surface area (Å²) in [6.07, 6.45) is -0.100. The summed E-state index contributed by atoms with van der Waals surface area (Å²) < 4.78 is 18.7. The number of hydrogen-bond acceptors (Lipinski definition) is 5. The van der Waals surface area contributed by atoms with Crippen LogP contribution in [0.2, 0.25) is 0 Å². The van der Waals surface area contributed by atoms with Crippen LogP contribution in [0.15, 0.2) is 36.4 Å². The van der Waals surface area contributed by atoms with Crippen molar-refractivity contribution < 1.29 is 23.5 Å². The monoisotopic (exact) mass is 521 g/mol. The molecule has 1 unspecified atom stereocenters. The lowest BCUT2D eigenvalue weighted by Gasteiger charge is -2.23. The summed E-state index contributed by atoms with van der Waals surface area (Å²) in [5.74, 6) is -0.679. The lowest BCUT2D eigenvalue weighted by Crippen LogP contribution is -2.43. The molecule has 1 aliphatic heterocycles. The molecule has 0 radical (unpaired) electrons. The number of Topliss-reactive ketones (excluding diaryl/α,β-unsaturated/α-hetero) is 1. The Morgan fingerprint density at radius 1 is 1.16 bits per heavy atom. The van der Waals surface area contributed by atoms with Gasteiger partial charge in [0.1, 0.15) is 18.5 Å². The number of ether oxygens (including phenoxy) is 1. The molecule has 0 saturated carbocycles. The molecule has 0 bridgehead atoms. The Morgan fingerprint density at radius 3 is 2.41 bits per heavy atom. The largest absolute Gasteiger partial charge is 0.459 e. The Bertz CT molecular complexity index is 1000. The first-order valence-electron chi connectivity index (χ1n) is 10.2. The minimum absolute atomic E-state index is 0.100. The molecule has 1 heterocycles. The molecule has 0 aromatic heterocycles. The van der Waals surface area contributed by atoms with Gasteiger partial charge in [-0.05, 0) is 61.7 Å². The van der Waals surface area contributed by atoms with E-state index in [0.717, 1.165) is 22.3 Å².